The molecule has 1 rings (SSSR count). The van der Waals surface area contributed by atoms with E-state index in [0.717, 1.165) is 11.3 Å². The van der Waals surface area contributed by atoms with Gasteiger partial charge in [-0.2, -0.15) is 5.10 Å². The molecule has 0 fully saturated rings. The molecule has 0 radical (unpaired) electrons. The first-order chi connectivity index (χ1) is 7.26. The predicted molar refractivity (Wildman–Crippen MR) is 69.8 cm³/mol. The molecule has 5 heteroatoms. The molecular weight excluding hydrogens is 228 g/mol. The van der Waals surface area contributed by atoms with E-state index in [2.05, 4.69) is 10.5 Å². The van der Waals surface area contributed by atoms with Gasteiger partial charge >= 0.3 is 0 Å². The molecule has 15 heavy (non-hydrogen) atoms. The van der Waals surface area contributed by atoms with Crippen LogP contribution in [0.3, 0.4) is 0 Å². The molecule has 0 heterocycles. The number of ether oxygens (including phenoxy) is 1. The van der Waals surface area contributed by atoms with Crippen LogP contribution in [0.1, 0.15) is 5.56 Å². The molecule has 0 aliphatic carbocycles. The third-order valence-corrected chi connectivity index (χ3v) is 2.70. The fourth-order valence-corrected chi connectivity index (χ4v) is 1.12. The first-order valence-corrected chi connectivity index (χ1v) is 5.90. The van der Waals surface area contributed by atoms with Crippen LogP contribution in [0, 0.1) is 0 Å². The molecule has 3 nitrogen and oxygen atoms in total. The quantitative estimate of drug-likeness (QED) is 0.499. The second kappa shape index (κ2) is 6.42. The van der Waals surface area contributed by atoms with E-state index in [4.69, 9.17) is 17.0 Å². The van der Waals surface area contributed by atoms with Crippen LogP contribution in [0.4, 0.5) is 0 Å². The van der Waals surface area contributed by atoms with Crippen LogP contribution >= 0.6 is 24.0 Å². The Hall–Kier alpha value is -1.07. The largest absolute Gasteiger partial charge is 0.497 e. The summed E-state index contributed by atoms with van der Waals surface area (Å²) in [6.45, 7) is 0. The van der Waals surface area contributed by atoms with Crippen molar-refractivity contribution in [2.45, 2.75) is 0 Å². The number of rotatable bonds is 3. The lowest BCUT2D eigenvalue weighted by molar-refractivity contribution is 0.415. The summed E-state index contributed by atoms with van der Waals surface area (Å²) in [4.78, 5) is 0. The molecule has 1 N–H and O–H groups in total. The van der Waals surface area contributed by atoms with Crippen LogP contribution < -0.4 is 10.2 Å². The van der Waals surface area contributed by atoms with Crippen molar-refractivity contribution in [2.75, 3.05) is 13.4 Å². The maximum absolute atomic E-state index is 5.09. The smallest absolute Gasteiger partial charge is 0.153 e. The van der Waals surface area contributed by atoms with Crippen molar-refractivity contribution in [3.63, 3.8) is 0 Å². The maximum atomic E-state index is 5.09. The molecule has 0 atom stereocenters. The topological polar surface area (TPSA) is 33.6 Å². The number of nitrogens with one attached hydrogen (secondary N) is 1. The van der Waals surface area contributed by atoms with Crippen LogP contribution in [-0.4, -0.2) is 23.9 Å². The van der Waals surface area contributed by atoms with E-state index in [1.54, 1.807) is 13.3 Å². The summed E-state index contributed by atoms with van der Waals surface area (Å²) in [7, 11) is 1.64. The molecule has 0 aromatic heterocycles. The van der Waals surface area contributed by atoms with Crippen molar-refractivity contribution in [1.82, 2.24) is 5.43 Å². The number of thioether (sulfide) groups is 1. The standard InChI is InChI=1S/C10H12N2OS2/c1-13-9-5-3-4-8(6-9)7-11-12-10(14)15-2/h3-7H,1-2H3,(H,12,14)/b11-7-. The number of methoxy groups -OCH3 is 1. The number of thiocarbonyl (C=S) groups is 1. The van der Waals surface area contributed by atoms with E-state index in [1.807, 2.05) is 30.5 Å². The Morgan fingerprint density at radius 3 is 3.07 bits per heavy atom. The fourth-order valence-electron chi connectivity index (χ4n) is 0.927. The van der Waals surface area contributed by atoms with Crippen LogP contribution in [0.15, 0.2) is 29.4 Å². The maximum Gasteiger partial charge on any atom is 0.153 e. The van der Waals surface area contributed by atoms with Gasteiger partial charge in [-0.05, 0) is 24.0 Å². The highest BCUT2D eigenvalue weighted by atomic mass is 32.2. The Balaban J connectivity index is 2.59. The van der Waals surface area contributed by atoms with Crippen molar-refractivity contribution in [2.24, 2.45) is 5.10 Å². The van der Waals surface area contributed by atoms with Crippen LogP contribution in [0.5, 0.6) is 5.75 Å². The van der Waals surface area contributed by atoms with Crippen molar-refractivity contribution < 1.29 is 4.74 Å². The lowest BCUT2D eigenvalue weighted by Crippen LogP contribution is -2.10. The van der Waals surface area contributed by atoms with Gasteiger partial charge in [0.2, 0.25) is 0 Å². The molecule has 1 aromatic carbocycles. The van der Waals surface area contributed by atoms with Crippen LogP contribution in [0.25, 0.3) is 0 Å². The van der Waals surface area contributed by atoms with Gasteiger partial charge in [-0.3, -0.25) is 5.43 Å². The van der Waals surface area contributed by atoms with Gasteiger partial charge in [0.1, 0.15) is 5.75 Å². The first kappa shape index (κ1) is 12.0. The molecule has 0 aliphatic heterocycles. The second-order valence-corrected chi connectivity index (χ2v) is 4.12. The van der Waals surface area contributed by atoms with E-state index in [0.29, 0.717) is 4.32 Å². The number of hydrogen-bond acceptors (Lipinski definition) is 4. The Morgan fingerprint density at radius 2 is 2.40 bits per heavy atom. The van der Waals surface area contributed by atoms with Gasteiger partial charge in [-0.15, -0.1) is 0 Å². The minimum Gasteiger partial charge on any atom is -0.497 e. The van der Waals surface area contributed by atoms with E-state index in [1.165, 1.54) is 11.8 Å². The van der Waals surface area contributed by atoms with Gasteiger partial charge in [0.25, 0.3) is 0 Å². The molecular formula is C10H12N2OS2. The molecule has 0 unspecified atom stereocenters. The van der Waals surface area contributed by atoms with Crippen LogP contribution in [0.2, 0.25) is 0 Å². The first-order valence-electron chi connectivity index (χ1n) is 4.27. The van der Waals surface area contributed by atoms with E-state index in [-0.39, 0.29) is 0 Å². The summed E-state index contributed by atoms with van der Waals surface area (Å²) in [5.41, 5.74) is 3.70. The number of hydrazone groups is 1. The Labute approximate surface area is 98.9 Å². The highest BCUT2D eigenvalue weighted by molar-refractivity contribution is 8.22. The van der Waals surface area contributed by atoms with Crippen molar-refractivity contribution in [1.29, 1.82) is 0 Å². The number of hydrogen-bond donors (Lipinski definition) is 1. The zero-order chi connectivity index (χ0) is 11.1. The number of benzene rings is 1. The molecule has 1 aromatic rings. The second-order valence-electron chi connectivity index (χ2n) is 2.64. The lowest BCUT2D eigenvalue weighted by atomic mass is 10.2. The van der Waals surface area contributed by atoms with Gasteiger partial charge in [0, 0.05) is 0 Å². The fraction of sp³-hybridized carbons (Fsp3) is 0.200. The van der Waals surface area contributed by atoms with Crippen molar-refractivity contribution in [3.05, 3.63) is 29.8 Å². The van der Waals surface area contributed by atoms with Gasteiger partial charge in [0.15, 0.2) is 4.32 Å². The van der Waals surface area contributed by atoms with Crippen molar-refractivity contribution in [3.8, 4) is 5.75 Å². The summed E-state index contributed by atoms with van der Waals surface area (Å²) in [6.07, 6.45) is 3.60. The Morgan fingerprint density at radius 1 is 1.60 bits per heavy atom. The van der Waals surface area contributed by atoms with E-state index in [9.17, 15) is 0 Å². The molecule has 0 saturated carbocycles. The Kier molecular flexibility index (Phi) is 5.14. The van der Waals surface area contributed by atoms with E-state index < -0.39 is 0 Å². The monoisotopic (exact) mass is 240 g/mol. The summed E-state index contributed by atoms with van der Waals surface area (Å²) in [5.74, 6) is 0.811. The average molecular weight is 240 g/mol. The summed E-state index contributed by atoms with van der Waals surface area (Å²) in [6, 6.07) is 7.63. The highest BCUT2D eigenvalue weighted by Gasteiger charge is 1.92. The molecule has 0 bridgehead atoms. The van der Waals surface area contributed by atoms with Gasteiger partial charge in [-0.1, -0.05) is 36.1 Å². The molecule has 0 aliphatic rings. The average Bonchev–Trinajstić information content (AvgIpc) is 2.29. The lowest BCUT2D eigenvalue weighted by Gasteiger charge is -2.00. The van der Waals surface area contributed by atoms with E-state index >= 15 is 0 Å². The molecule has 80 valence electrons. The third-order valence-electron chi connectivity index (χ3n) is 1.65. The zero-order valence-electron chi connectivity index (χ0n) is 8.56. The normalized spacial score (nSPS) is 10.3. The molecule has 0 spiro atoms. The Bertz CT molecular complexity index is 366. The summed E-state index contributed by atoms with van der Waals surface area (Å²) in [5, 5.41) is 4.00. The van der Waals surface area contributed by atoms with Crippen LogP contribution in [-0.2, 0) is 0 Å². The number of nitrogens with zero attached hydrogens (tertiary/aromatic N) is 1. The van der Waals surface area contributed by atoms with Gasteiger partial charge in [-0.25, -0.2) is 0 Å². The summed E-state index contributed by atoms with van der Waals surface area (Å²) < 4.78 is 5.74. The predicted octanol–water partition coefficient (Wildman–Crippen LogP) is 2.27. The SMILES string of the molecule is COc1cccc(/C=N\NC(=S)SC)c1. The molecule has 0 amide bonds. The zero-order valence-corrected chi connectivity index (χ0v) is 10.2. The summed E-state index contributed by atoms with van der Waals surface area (Å²) >= 11 is 6.38. The minimum atomic E-state index is 0.647. The van der Waals surface area contributed by atoms with Gasteiger partial charge < -0.3 is 4.74 Å². The molecule has 0 saturated heterocycles. The van der Waals surface area contributed by atoms with Gasteiger partial charge in [0.05, 0.1) is 13.3 Å². The third kappa shape index (κ3) is 4.31. The minimum absolute atomic E-state index is 0.647. The highest BCUT2D eigenvalue weighted by Crippen LogP contribution is 2.10. The van der Waals surface area contributed by atoms with Crippen molar-refractivity contribution >= 4 is 34.5 Å².